The number of sulfonamides is 1. The Bertz CT molecular complexity index is 481. The third kappa shape index (κ3) is 5.41. The molecule has 17 heavy (non-hydrogen) atoms. The van der Waals surface area contributed by atoms with E-state index in [0.29, 0.717) is 5.82 Å². The van der Waals surface area contributed by atoms with E-state index < -0.39 is 16.0 Å². The third-order valence-electron chi connectivity index (χ3n) is 1.82. The van der Waals surface area contributed by atoms with E-state index in [-0.39, 0.29) is 31.0 Å². The molecule has 0 aliphatic carbocycles. The fraction of sp³-hybridized carbons (Fsp3) is 0.625. The average molecular weight is 263 g/mol. The lowest BCUT2D eigenvalue weighted by atomic mass is 10.3. The van der Waals surface area contributed by atoms with Crippen LogP contribution in [0.25, 0.3) is 0 Å². The summed E-state index contributed by atoms with van der Waals surface area (Å²) in [5.41, 5.74) is 0. The van der Waals surface area contributed by atoms with Gasteiger partial charge in [0.05, 0.1) is 12.3 Å². The molecule has 2 N–H and O–H groups in total. The molecule has 9 heteroatoms. The van der Waals surface area contributed by atoms with Crippen LogP contribution in [-0.4, -0.2) is 35.4 Å². The molecule has 0 fully saturated rings. The number of carboxylic acid groups (broad SMARTS) is 1. The number of nitrogens with one attached hydrogen (secondary N) is 1. The van der Waals surface area contributed by atoms with Gasteiger partial charge in [-0.1, -0.05) is 5.16 Å². The smallest absolute Gasteiger partial charge is 0.303 e. The van der Waals surface area contributed by atoms with Crippen LogP contribution in [0.4, 0.5) is 0 Å². The summed E-state index contributed by atoms with van der Waals surface area (Å²) in [6.45, 7) is 1.53. The van der Waals surface area contributed by atoms with Crippen molar-refractivity contribution >= 4 is 16.0 Å². The second-order valence-corrected chi connectivity index (χ2v) is 5.30. The van der Waals surface area contributed by atoms with Crippen LogP contribution < -0.4 is 4.72 Å². The highest BCUT2D eigenvalue weighted by atomic mass is 32.2. The van der Waals surface area contributed by atoms with E-state index in [0.717, 1.165) is 0 Å². The summed E-state index contributed by atoms with van der Waals surface area (Å²) >= 11 is 0. The average Bonchev–Trinajstić information content (AvgIpc) is 2.61. The minimum Gasteiger partial charge on any atom is -0.481 e. The first-order valence-electron chi connectivity index (χ1n) is 4.87. The second kappa shape index (κ2) is 5.73. The summed E-state index contributed by atoms with van der Waals surface area (Å²) in [5.74, 6) is -0.672. The molecule has 0 spiro atoms. The maximum atomic E-state index is 11.4. The van der Waals surface area contributed by atoms with Gasteiger partial charge in [-0.05, 0) is 13.3 Å². The van der Waals surface area contributed by atoms with Crippen molar-refractivity contribution in [2.45, 2.75) is 26.3 Å². The maximum Gasteiger partial charge on any atom is 0.303 e. The largest absolute Gasteiger partial charge is 0.481 e. The number of carbonyl (C=O) groups is 1. The molecule has 1 rings (SSSR count). The van der Waals surface area contributed by atoms with Crippen LogP contribution >= 0.6 is 0 Å². The second-order valence-electron chi connectivity index (χ2n) is 3.37. The zero-order valence-electron chi connectivity index (χ0n) is 9.21. The first kappa shape index (κ1) is 13.6. The molecule has 0 aliphatic rings. The minimum atomic E-state index is -3.51. The number of nitrogens with zero attached hydrogens (tertiary/aromatic N) is 2. The van der Waals surface area contributed by atoms with E-state index in [2.05, 4.69) is 14.9 Å². The van der Waals surface area contributed by atoms with Crippen LogP contribution in [0.1, 0.15) is 24.6 Å². The molecule has 0 saturated heterocycles. The summed E-state index contributed by atoms with van der Waals surface area (Å²) in [5, 5.41) is 11.9. The molecule has 1 heterocycles. The lowest BCUT2D eigenvalue weighted by Gasteiger charge is -2.02. The van der Waals surface area contributed by atoms with Crippen LogP contribution in [0.2, 0.25) is 0 Å². The van der Waals surface area contributed by atoms with E-state index in [9.17, 15) is 13.2 Å². The summed E-state index contributed by atoms with van der Waals surface area (Å²) in [7, 11) is -3.51. The van der Waals surface area contributed by atoms with E-state index >= 15 is 0 Å². The van der Waals surface area contributed by atoms with Crippen molar-refractivity contribution < 1.29 is 22.8 Å². The van der Waals surface area contributed by atoms with Gasteiger partial charge in [-0.25, -0.2) is 13.1 Å². The Hall–Kier alpha value is -1.48. The summed E-state index contributed by atoms with van der Waals surface area (Å²) in [4.78, 5) is 14.0. The molecule has 96 valence electrons. The highest BCUT2D eigenvalue weighted by Crippen LogP contribution is 1.99. The van der Waals surface area contributed by atoms with E-state index in [1.54, 1.807) is 6.92 Å². The molecule has 0 radical (unpaired) electrons. The van der Waals surface area contributed by atoms with Gasteiger partial charge in [-0.15, -0.1) is 0 Å². The SMILES string of the molecule is Cc1noc(CNS(=O)(=O)CCCC(=O)O)n1. The number of carboxylic acids is 1. The van der Waals surface area contributed by atoms with Gasteiger partial charge in [0.15, 0.2) is 5.82 Å². The molecule has 0 saturated carbocycles. The van der Waals surface area contributed by atoms with Gasteiger partial charge in [-0.2, -0.15) is 4.98 Å². The van der Waals surface area contributed by atoms with Crippen molar-refractivity contribution in [2.75, 3.05) is 5.75 Å². The highest BCUT2D eigenvalue weighted by Gasteiger charge is 2.13. The van der Waals surface area contributed by atoms with Crippen molar-refractivity contribution in [1.82, 2.24) is 14.9 Å². The Morgan fingerprint density at radius 1 is 1.53 bits per heavy atom. The van der Waals surface area contributed by atoms with Crippen LogP contribution in [0.3, 0.4) is 0 Å². The lowest BCUT2D eigenvalue weighted by Crippen LogP contribution is -2.26. The highest BCUT2D eigenvalue weighted by molar-refractivity contribution is 7.89. The van der Waals surface area contributed by atoms with Gasteiger partial charge in [-0.3, -0.25) is 4.79 Å². The molecule has 0 atom stereocenters. The number of aryl methyl sites for hydroxylation is 1. The van der Waals surface area contributed by atoms with Gasteiger partial charge in [0, 0.05) is 6.42 Å². The fourth-order valence-electron chi connectivity index (χ4n) is 1.07. The van der Waals surface area contributed by atoms with Crippen LogP contribution in [-0.2, 0) is 21.4 Å². The standard InChI is InChI=1S/C8H13N3O5S/c1-6-10-7(16-11-6)5-9-17(14,15)4-2-3-8(12)13/h9H,2-5H2,1H3,(H,12,13). The predicted molar refractivity (Wildman–Crippen MR) is 56.5 cm³/mol. The summed E-state index contributed by atoms with van der Waals surface area (Å²) < 4.78 is 29.8. The zero-order chi connectivity index (χ0) is 12.9. The topological polar surface area (TPSA) is 122 Å². The van der Waals surface area contributed by atoms with Crippen molar-refractivity contribution in [3.8, 4) is 0 Å². The molecule has 1 aromatic heterocycles. The van der Waals surface area contributed by atoms with Gasteiger partial charge in [0.1, 0.15) is 0 Å². The maximum absolute atomic E-state index is 11.4. The zero-order valence-corrected chi connectivity index (χ0v) is 10.0. The molecule has 0 unspecified atom stereocenters. The Kier molecular flexibility index (Phi) is 4.58. The van der Waals surface area contributed by atoms with E-state index in [1.165, 1.54) is 0 Å². The van der Waals surface area contributed by atoms with Crippen LogP contribution in [0, 0.1) is 6.92 Å². The monoisotopic (exact) mass is 263 g/mol. The van der Waals surface area contributed by atoms with E-state index in [1.807, 2.05) is 0 Å². The van der Waals surface area contributed by atoms with Gasteiger partial charge in [0.25, 0.3) is 0 Å². The molecule has 0 amide bonds. The number of rotatable bonds is 7. The van der Waals surface area contributed by atoms with Crippen molar-refractivity contribution in [1.29, 1.82) is 0 Å². The summed E-state index contributed by atoms with van der Waals surface area (Å²) in [6.07, 6.45) is -0.117. The third-order valence-corrected chi connectivity index (χ3v) is 3.23. The lowest BCUT2D eigenvalue weighted by molar-refractivity contribution is -0.137. The quantitative estimate of drug-likeness (QED) is 0.690. The number of aliphatic carboxylic acids is 1. The van der Waals surface area contributed by atoms with Crippen molar-refractivity contribution in [3.05, 3.63) is 11.7 Å². The normalized spacial score (nSPS) is 11.6. The Morgan fingerprint density at radius 3 is 2.76 bits per heavy atom. The van der Waals surface area contributed by atoms with Gasteiger partial charge >= 0.3 is 5.97 Å². The first-order chi connectivity index (χ1) is 7.89. The molecule has 0 aliphatic heterocycles. The Balaban J connectivity index is 2.36. The number of hydrogen-bond acceptors (Lipinski definition) is 6. The molecule has 0 aromatic carbocycles. The molecule has 1 aromatic rings. The molecule has 8 nitrogen and oxygen atoms in total. The number of hydrogen-bond donors (Lipinski definition) is 2. The minimum absolute atomic E-state index is 0.0630. The van der Waals surface area contributed by atoms with E-state index in [4.69, 9.17) is 9.63 Å². The molecule has 0 bridgehead atoms. The van der Waals surface area contributed by atoms with Gasteiger partial charge < -0.3 is 9.63 Å². The number of aromatic nitrogens is 2. The van der Waals surface area contributed by atoms with Crippen LogP contribution in [0.15, 0.2) is 4.52 Å². The predicted octanol–water partition coefficient (Wildman–Crippen LogP) is -0.338. The Labute approximate surface area is 98.1 Å². The fourth-order valence-corrected chi connectivity index (χ4v) is 2.08. The molecular formula is C8H13N3O5S. The Morgan fingerprint density at radius 2 is 2.24 bits per heavy atom. The van der Waals surface area contributed by atoms with Crippen molar-refractivity contribution in [3.63, 3.8) is 0 Å². The summed E-state index contributed by atoms with van der Waals surface area (Å²) in [6, 6.07) is 0. The first-order valence-corrected chi connectivity index (χ1v) is 6.52. The van der Waals surface area contributed by atoms with Crippen LogP contribution in [0.5, 0.6) is 0 Å². The van der Waals surface area contributed by atoms with Crippen molar-refractivity contribution in [2.24, 2.45) is 0 Å². The molecular weight excluding hydrogens is 250 g/mol. The van der Waals surface area contributed by atoms with Gasteiger partial charge in [0.2, 0.25) is 15.9 Å².